The first-order valence-electron chi connectivity index (χ1n) is 10.8. The lowest BCUT2D eigenvalue weighted by Gasteiger charge is -2.13. The van der Waals surface area contributed by atoms with E-state index in [1.807, 2.05) is 6.07 Å². The summed E-state index contributed by atoms with van der Waals surface area (Å²) in [5.41, 5.74) is -0.404. The molecule has 1 fully saturated rings. The Balaban J connectivity index is 1.82. The number of rotatable bonds is 8. The highest BCUT2D eigenvalue weighted by atomic mass is 32.1. The molecular formula is C22H27N7O3S. The van der Waals surface area contributed by atoms with E-state index in [1.165, 1.54) is 10.8 Å². The molecule has 1 aliphatic heterocycles. The van der Waals surface area contributed by atoms with Crippen LogP contribution in [-0.2, 0) is 16.1 Å². The lowest BCUT2D eigenvalue weighted by molar-refractivity contribution is -0.117. The van der Waals surface area contributed by atoms with Gasteiger partial charge in [-0.1, -0.05) is 6.07 Å². The Bertz CT molecular complexity index is 1240. The third-order valence-electron chi connectivity index (χ3n) is 5.05. The van der Waals surface area contributed by atoms with Crippen molar-refractivity contribution < 1.29 is 9.59 Å². The van der Waals surface area contributed by atoms with E-state index in [0.29, 0.717) is 40.5 Å². The van der Waals surface area contributed by atoms with Gasteiger partial charge in [-0.2, -0.15) is 5.26 Å². The largest absolute Gasteiger partial charge is 0.352 e. The summed E-state index contributed by atoms with van der Waals surface area (Å²) in [5, 5.41) is 17.8. The van der Waals surface area contributed by atoms with Crippen LogP contribution in [0.25, 0.3) is 11.8 Å². The Morgan fingerprint density at radius 2 is 1.97 bits per heavy atom. The first-order chi connectivity index (χ1) is 16.0. The van der Waals surface area contributed by atoms with E-state index in [9.17, 15) is 19.6 Å². The molecule has 33 heavy (non-hydrogen) atoms. The summed E-state index contributed by atoms with van der Waals surface area (Å²) in [6.07, 6.45) is 3.72. The van der Waals surface area contributed by atoms with Crippen molar-refractivity contribution in [3.05, 3.63) is 37.7 Å². The van der Waals surface area contributed by atoms with Crippen molar-refractivity contribution in [2.75, 3.05) is 36.8 Å². The van der Waals surface area contributed by atoms with Gasteiger partial charge >= 0.3 is 0 Å². The molecule has 0 aromatic carbocycles. The molecule has 0 atom stereocenters. The molecule has 2 aromatic rings. The van der Waals surface area contributed by atoms with Gasteiger partial charge in [-0.3, -0.25) is 23.9 Å². The highest BCUT2D eigenvalue weighted by Crippen LogP contribution is 2.10. The summed E-state index contributed by atoms with van der Waals surface area (Å²) < 4.78 is 2.03. The van der Waals surface area contributed by atoms with Gasteiger partial charge in [0.05, 0.1) is 6.54 Å². The molecule has 0 unspecified atom stereocenters. The topological polar surface area (TPSA) is 132 Å². The minimum absolute atomic E-state index is 0.0960. The summed E-state index contributed by atoms with van der Waals surface area (Å²) >= 11 is 1.06. The number of carbonyl (C=O) groups excluding carboxylic acids is 2. The average Bonchev–Trinajstić information content (AvgIpc) is 3.41. The maximum absolute atomic E-state index is 12.8. The summed E-state index contributed by atoms with van der Waals surface area (Å²) in [5.74, 6) is 0.220. The molecule has 3 N–H and O–H groups in total. The van der Waals surface area contributed by atoms with Crippen LogP contribution >= 0.6 is 11.3 Å². The number of anilines is 2. The van der Waals surface area contributed by atoms with Crippen LogP contribution in [0.3, 0.4) is 0 Å². The van der Waals surface area contributed by atoms with Crippen molar-refractivity contribution in [2.45, 2.75) is 33.2 Å². The van der Waals surface area contributed by atoms with Crippen molar-refractivity contribution in [1.29, 1.82) is 5.26 Å². The maximum Gasteiger partial charge on any atom is 0.270 e. The van der Waals surface area contributed by atoms with Crippen molar-refractivity contribution in [1.82, 2.24) is 19.8 Å². The lowest BCUT2D eigenvalue weighted by atomic mass is 10.3. The zero-order valence-electron chi connectivity index (χ0n) is 18.7. The maximum atomic E-state index is 12.8. The molecule has 2 amide bonds. The number of nitrogens with zero attached hydrogens (tertiary/aromatic N) is 4. The summed E-state index contributed by atoms with van der Waals surface area (Å²) in [4.78, 5) is 43.7. The Labute approximate surface area is 195 Å². The van der Waals surface area contributed by atoms with Crippen molar-refractivity contribution in [3.8, 4) is 6.07 Å². The van der Waals surface area contributed by atoms with Gasteiger partial charge in [0.25, 0.3) is 11.5 Å². The summed E-state index contributed by atoms with van der Waals surface area (Å²) in [6, 6.07) is 7.06. The highest BCUT2D eigenvalue weighted by Gasteiger charge is 2.16. The van der Waals surface area contributed by atoms with Gasteiger partial charge in [0.15, 0.2) is 5.57 Å². The fourth-order valence-electron chi connectivity index (χ4n) is 3.49. The smallest absolute Gasteiger partial charge is 0.270 e. The molecule has 0 radical (unpaired) electrons. The number of pyridine rings is 1. The number of hydrogen-bond donors (Lipinski definition) is 3. The fraction of sp³-hybridized carbons (Fsp3) is 0.409. The van der Waals surface area contributed by atoms with Crippen LogP contribution in [0, 0.1) is 11.3 Å². The van der Waals surface area contributed by atoms with E-state index in [0.717, 1.165) is 37.3 Å². The van der Waals surface area contributed by atoms with Crippen molar-refractivity contribution >= 4 is 46.6 Å². The van der Waals surface area contributed by atoms with Gasteiger partial charge in [-0.15, -0.1) is 11.3 Å². The second-order valence-electron chi connectivity index (χ2n) is 7.40. The third kappa shape index (κ3) is 6.06. The van der Waals surface area contributed by atoms with Gasteiger partial charge in [0.1, 0.15) is 26.9 Å². The zero-order valence-corrected chi connectivity index (χ0v) is 19.5. The van der Waals surface area contributed by atoms with E-state index < -0.39 is 5.91 Å². The lowest BCUT2D eigenvalue weighted by Crippen LogP contribution is -2.34. The zero-order chi connectivity index (χ0) is 23.8. The van der Waals surface area contributed by atoms with Gasteiger partial charge < -0.3 is 16.0 Å². The molecule has 1 aliphatic rings. The number of hydrogen-bond acceptors (Lipinski definition) is 8. The van der Waals surface area contributed by atoms with Crippen LogP contribution in [0.1, 0.15) is 26.7 Å². The number of nitriles is 1. The normalized spacial score (nSPS) is 15.1. The number of likely N-dealkylation sites (tertiary alicyclic amines) is 1. The number of amides is 2. The minimum Gasteiger partial charge on any atom is -0.352 e. The second kappa shape index (κ2) is 11.4. The van der Waals surface area contributed by atoms with Crippen LogP contribution in [0.5, 0.6) is 0 Å². The van der Waals surface area contributed by atoms with Gasteiger partial charge in [0, 0.05) is 19.3 Å². The number of aromatic nitrogens is 2. The molecule has 0 aliphatic carbocycles. The van der Waals surface area contributed by atoms with Gasteiger partial charge in [0.2, 0.25) is 5.91 Å². The van der Waals surface area contributed by atoms with E-state index in [-0.39, 0.29) is 17.0 Å². The Kier molecular flexibility index (Phi) is 8.34. The molecule has 10 nitrogen and oxygen atoms in total. The molecule has 3 heterocycles. The van der Waals surface area contributed by atoms with Crippen LogP contribution in [-0.4, -0.2) is 52.4 Å². The Morgan fingerprint density at radius 3 is 2.64 bits per heavy atom. The van der Waals surface area contributed by atoms with E-state index in [2.05, 4.69) is 25.8 Å². The third-order valence-corrected chi connectivity index (χ3v) is 6.18. The van der Waals surface area contributed by atoms with Crippen LogP contribution in [0.4, 0.5) is 11.6 Å². The Hall–Kier alpha value is -3.49. The van der Waals surface area contributed by atoms with Crippen molar-refractivity contribution in [3.63, 3.8) is 0 Å². The molecule has 1 saturated heterocycles. The number of carbonyl (C=O) groups is 2. The average molecular weight is 470 g/mol. The predicted octanol–water partition coefficient (Wildman–Crippen LogP) is 0.0195. The van der Waals surface area contributed by atoms with Crippen molar-refractivity contribution in [2.24, 2.45) is 0 Å². The second-order valence-corrected chi connectivity index (χ2v) is 8.43. The van der Waals surface area contributed by atoms with Crippen LogP contribution < -0.4 is 30.7 Å². The molecule has 0 saturated carbocycles. The first kappa shape index (κ1) is 24.2. The first-order valence-corrected chi connectivity index (χ1v) is 11.7. The molecule has 2 aromatic heterocycles. The van der Waals surface area contributed by atoms with E-state index >= 15 is 0 Å². The molecule has 3 rings (SSSR count). The fourth-order valence-corrected chi connectivity index (χ4v) is 4.57. The minimum atomic E-state index is -0.512. The van der Waals surface area contributed by atoms with E-state index in [4.69, 9.17) is 0 Å². The molecule has 174 valence electrons. The van der Waals surface area contributed by atoms with E-state index in [1.54, 1.807) is 32.0 Å². The standard InChI is InChI=1S/C22H27N7O3S/c1-3-24-20(31)15(12-23)22-29(4-2)21(32)16(33-22)13-25-17-8-7-9-18(26-17)27-19(30)14-28-10-5-6-11-28/h7-9,13H,3-6,10-11,14H2,1-2H3,(H,24,31)(H2,25,26,27,30). The molecule has 11 heteroatoms. The van der Waals surface area contributed by atoms with Crippen LogP contribution in [0.15, 0.2) is 23.0 Å². The molecule has 0 spiro atoms. The SMILES string of the molecule is CCNC(=O)C(C#N)=c1sc(=CNc2cccc(NC(=O)CN3CCCC3)n2)c(=O)n1CC. The van der Waals surface area contributed by atoms with Crippen LogP contribution in [0.2, 0.25) is 0 Å². The molecular weight excluding hydrogens is 442 g/mol. The predicted molar refractivity (Wildman–Crippen MR) is 128 cm³/mol. The summed E-state index contributed by atoms with van der Waals surface area (Å²) in [6.45, 7) is 6.43. The Morgan fingerprint density at radius 1 is 1.24 bits per heavy atom. The highest BCUT2D eigenvalue weighted by molar-refractivity contribution is 7.07. The van der Waals surface area contributed by atoms with Gasteiger partial charge in [-0.05, 0) is 51.9 Å². The molecule has 0 bridgehead atoms. The van der Waals surface area contributed by atoms with Gasteiger partial charge in [-0.25, -0.2) is 4.98 Å². The number of thiazole rings is 1. The number of nitrogens with one attached hydrogen (secondary N) is 3. The monoisotopic (exact) mass is 469 g/mol. The summed E-state index contributed by atoms with van der Waals surface area (Å²) in [7, 11) is 0. The quantitative estimate of drug-likeness (QED) is 0.497.